The Hall–Kier alpha value is -3.42. The van der Waals surface area contributed by atoms with Gasteiger partial charge in [0.15, 0.2) is 5.76 Å². The molecular formula is C24H16N2O3S2. The van der Waals surface area contributed by atoms with E-state index in [1.54, 1.807) is 30.3 Å². The van der Waals surface area contributed by atoms with Crippen molar-refractivity contribution in [2.24, 2.45) is 0 Å². The van der Waals surface area contributed by atoms with Crippen LogP contribution < -0.4 is 0 Å². The molecule has 0 radical (unpaired) electrons. The first kappa shape index (κ1) is 19.5. The highest BCUT2D eigenvalue weighted by Crippen LogP contribution is 2.34. The average Bonchev–Trinajstić information content (AvgIpc) is 3.24. The third-order valence-corrected chi connectivity index (χ3v) is 7.75. The van der Waals surface area contributed by atoms with Crippen LogP contribution in [0.1, 0.15) is 0 Å². The van der Waals surface area contributed by atoms with Gasteiger partial charge in [-0.15, -0.1) is 0 Å². The summed E-state index contributed by atoms with van der Waals surface area (Å²) in [7, 11) is -3.04. The molecule has 0 saturated carbocycles. The Kier molecular flexibility index (Phi) is 5.05. The van der Waals surface area contributed by atoms with Crippen LogP contribution in [-0.2, 0) is 8.87 Å². The van der Waals surface area contributed by atoms with Gasteiger partial charge < -0.3 is 4.42 Å². The monoisotopic (exact) mass is 444 g/mol. The summed E-state index contributed by atoms with van der Waals surface area (Å²) in [4.78, 5) is 9.25. The SMILES string of the molecule is O=S(=O)(Sc1nc(-c2ccccc2)cc(-c2cc3ccccc3o2)n1)c1ccccc1. The van der Waals surface area contributed by atoms with E-state index in [9.17, 15) is 8.42 Å². The van der Waals surface area contributed by atoms with Crippen molar-refractivity contribution in [1.82, 2.24) is 9.97 Å². The zero-order valence-electron chi connectivity index (χ0n) is 16.2. The normalized spacial score (nSPS) is 11.6. The van der Waals surface area contributed by atoms with E-state index >= 15 is 0 Å². The van der Waals surface area contributed by atoms with Crippen LogP contribution in [0.5, 0.6) is 0 Å². The maximum atomic E-state index is 12.9. The van der Waals surface area contributed by atoms with Crippen LogP contribution in [0.3, 0.4) is 0 Å². The minimum atomic E-state index is -3.67. The third-order valence-electron chi connectivity index (χ3n) is 4.67. The number of hydrogen-bond donors (Lipinski definition) is 0. The fourth-order valence-corrected chi connectivity index (χ4v) is 5.68. The summed E-state index contributed by atoms with van der Waals surface area (Å²) in [5.41, 5.74) is 2.75. The molecule has 0 fully saturated rings. The number of benzene rings is 3. The summed E-state index contributed by atoms with van der Waals surface area (Å²) < 4.78 is 31.8. The van der Waals surface area contributed by atoms with Crippen LogP contribution in [0, 0.1) is 0 Å². The number of nitrogens with zero attached hydrogens (tertiary/aromatic N) is 2. The average molecular weight is 445 g/mol. The molecule has 0 amide bonds. The zero-order chi connectivity index (χ0) is 21.3. The summed E-state index contributed by atoms with van der Waals surface area (Å²) >= 11 is 0. The second-order valence-electron chi connectivity index (χ2n) is 6.79. The molecule has 152 valence electrons. The molecular weight excluding hydrogens is 428 g/mol. The Morgan fingerprint density at radius 2 is 1.35 bits per heavy atom. The van der Waals surface area contributed by atoms with Gasteiger partial charge in [0, 0.05) is 10.9 Å². The molecule has 0 atom stereocenters. The third kappa shape index (κ3) is 4.10. The van der Waals surface area contributed by atoms with Crippen molar-refractivity contribution in [2.75, 3.05) is 0 Å². The predicted molar refractivity (Wildman–Crippen MR) is 122 cm³/mol. The number of para-hydroxylation sites is 1. The van der Waals surface area contributed by atoms with Crippen LogP contribution in [0.25, 0.3) is 33.7 Å². The number of rotatable bonds is 5. The minimum absolute atomic E-state index is 0.140. The van der Waals surface area contributed by atoms with Crippen LogP contribution in [0.4, 0.5) is 0 Å². The fraction of sp³-hybridized carbons (Fsp3) is 0. The van der Waals surface area contributed by atoms with Gasteiger partial charge in [0.05, 0.1) is 21.4 Å². The van der Waals surface area contributed by atoms with Gasteiger partial charge in [-0.3, -0.25) is 0 Å². The Bertz CT molecular complexity index is 1430. The summed E-state index contributed by atoms with van der Waals surface area (Å²) in [5, 5.41) is 1.09. The van der Waals surface area contributed by atoms with Crippen molar-refractivity contribution in [3.8, 4) is 22.7 Å². The van der Waals surface area contributed by atoms with Crippen molar-refractivity contribution in [3.63, 3.8) is 0 Å². The molecule has 5 nitrogen and oxygen atoms in total. The maximum absolute atomic E-state index is 12.9. The number of aromatic nitrogens is 2. The summed E-state index contributed by atoms with van der Waals surface area (Å²) in [6.07, 6.45) is 0. The molecule has 31 heavy (non-hydrogen) atoms. The van der Waals surface area contributed by atoms with Crippen molar-refractivity contribution >= 4 is 30.6 Å². The minimum Gasteiger partial charge on any atom is -0.454 e. The van der Waals surface area contributed by atoms with E-state index in [0.717, 1.165) is 16.5 Å². The second-order valence-corrected chi connectivity index (χ2v) is 10.5. The largest absolute Gasteiger partial charge is 0.454 e. The summed E-state index contributed by atoms with van der Waals surface area (Å²) in [6, 6.07) is 29.2. The lowest BCUT2D eigenvalue weighted by atomic mass is 10.1. The van der Waals surface area contributed by atoms with E-state index in [2.05, 4.69) is 9.97 Å². The number of hydrogen-bond acceptors (Lipinski definition) is 6. The topological polar surface area (TPSA) is 73.1 Å². The van der Waals surface area contributed by atoms with Crippen LogP contribution in [0.15, 0.2) is 112 Å². The number of furan rings is 1. The van der Waals surface area contributed by atoms with E-state index < -0.39 is 8.87 Å². The zero-order valence-corrected chi connectivity index (χ0v) is 17.8. The Labute approximate surface area is 183 Å². The van der Waals surface area contributed by atoms with E-state index in [4.69, 9.17) is 4.42 Å². The summed E-state index contributed by atoms with van der Waals surface area (Å²) in [5.74, 6) is 0.555. The molecule has 3 aromatic carbocycles. The fourth-order valence-electron chi connectivity index (χ4n) is 3.19. The Morgan fingerprint density at radius 1 is 0.710 bits per heavy atom. The van der Waals surface area contributed by atoms with Crippen molar-refractivity contribution in [1.29, 1.82) is 0 Å². The molecule has 0 bridgehead atoms. The van der Waals surface area contributed by atoms with E-state index in [-0.39, 0.29) is 10.1 Å². The second kappa shape index (κ2) is 8.02. The molecule has 0 unspecified atom stereocenters. The van der Waals surface area contributed by atoms with Gasteiger partial charge in [0.25, 0.3) is 0 Å². The molecule has 5 aromatic rings. The van der Waals surface area contributed by atoms with Gasteiger partial charge in [0.2, 0.25) is 14.0 Å². The predicted octanol–water partition coefficient (Wildman–Crippen LogP) is 6.04. The molecule has 5 rings (SSSR count). The van der Waals surface area contributed by atoms with Gasteiger partial charge in [-0.1, -0.05) is 66.7 Å². The quantitative estimate of drug-likeness (QED) is 0.243. The first-order valence-corrected chi connectivity index (χ1v) is 12.3. The lowest BCUT2D eigenvalue weighted by Crippen LogP contribution is -1.99. The molecule has 0 spiro atoms. The lowest BCUT2D eigenvalue weighted by Gasteiger charge is -2.07. The first-order chi connectivity index (χ1) is 15.1. The van der Waals surface area contributed by atoms with Gasteiger partial charge in [-0.25, -0.2) is 18.4 Å². The highest BCUT2D eigenvalue weighted by Gasteiger charge is 2.21. The first-order valence-electron chi connectivity index (χ1n) is 9.51. The highest BCUT2D eigenvalue weighted by atomic mass is 33.1. The van der Waals surface area contributed by atoms with Crippen LogP contribution in [0.2, 0.25) is 0 Å². The van der Waals surface area contributed by atoms with E-state index in [0.29, 0.717) is 27.9 Å². The van der Waals surface area contributed by atoms with E-state index in [1.807, 2.05) is 66.7 Å². The molecule has 0 aliphatic heterocycles. The molecule has 0 N–H and O–H groups in total. The van der Waals surface area contributed by atoms with Gasteiger partial charge in [-0.2, -0.15) is 0 Å². The van der Waals surface area contributed by atoms with Gasteiger partial charge >= 0.3 is 0 Å². The maximum Gasteiger partial charge on any atom is 0.237 e. The van der Waals surface area contributed by atoms with Gasteiger partial charge in [0.1, 0.15) is 11.3 Å². The Balaban J connectivity index is 1.63. The molecule has 0 aliphatic rings. The van der Waals surface area contributed by atoms with Crippen molar-refractivity contribution < 1.29 is 12.8 Å². The van der Waals surface area contributed by atoms with Crippen LogP contribution in [-0.4, -0.2) is 18.4 Å². The smallest absolute Gasteiger partial charge is 0.237 e. The van der Waals surface area contributed by atoms with Gasteiger partial charge in [-0.05, 0) is 30.3 Å². The molecule has 2 heterocycles. The Morgan fingerprint density at radius 3 is 2.10 bits per heavy atom. The number of fused-ring (bicyclic) bond motifs is 1. The van der Waals surface area contributed by atoms with Crippen molar-refractivity contribution in [3.05, 3.63) is 97.1 Å². The molecule has 7 heteroatoms. The standard InChI is InChI=1S/C24H16N2O3S2/c27-31(28,19-12-5-2-6-13-19)30-24-25-20(17-9-3-1-4-10-17)16-21(26-24)23-15-18-11-7-8-14-22(18)29-23/h1-16H. The van der Waals surface area contributed by atoms with E-state index in [1.165, 1.54) is 0 Å². The lowest BCUT2D eigenvalue weighted by molar-refractivity contribution is 0.610. The van der Waals surface area contributed by atoms with Crippen molar-refractivity contribution in [2.45, 2.75) is 10.1 Å². The molecule has 2 aromatic heterocycles. The molecule has 0 saturated heterocycles. The molecule has 0 aliphatic carbocycles. The highest BCUT2D eigenvalue weighted by molar-refractivity contribution is 8.72. The van der Waals surface area contributed by atoms with Crippen LogP contribution >= 0.6 is 10.8 Å². The summed E-state index contributed by atoms with van der Waals surface area (Å²) in [6.45, 7) is 0.